The Morgan fingerprint density at radius 1 is 1.05 bits per heavy atom. The van der Waals surface area contributed by atoms with Gasteiger partial charge in [-0.15, -0.1) is 11.3 Å². The lowest BCUT2D eigenvalue weighted by molar-refractivity contribution is -0.139. The van der Waals surface area contributed by atoms with Gasteiger partial charge in [0.15, 0.2) is 5.78 Å². The van der Waals surface area contributed by atoms with Gasteiger partial charge < -0.3 is 5.32 Å². The molecule has 1 saturated carbocycles. The summed E-state index contributed by atoms with van der Waals surface area (Å²) in [4.78, 5) is 46.2. The molecule has 0 bridgehead atoms. The van der Waals surface area contributed by atoms with E-state index in [9.17, 15) is 19.2 Å². The standard InChI is InChI=1S/C12H13N3O4S/c1-6(16)8-4-5-9(20-8)10(17)14-15-12(19)11(18)13-7-2-3-7/h4-5,7H,2-3H2,1H3,(H,13,18)(H,14,17)(H,15,19). The van der Waals surface area contributed by atoms with Crippen molar-refractivity contribution in [1.29, 1.82) is 0 Å². The molecule has 0 aliphatic heterocycles. The Morgan fingerprint density at radius 2 is 1.70 bits per heavy atom. The van der Waals surface area contributed by atoms with E-state index in [4.69, 9.17) is 0 Å². The summed E-state index contributed by atoms with van der Waals surface area (Å²) in [6, 6.07) is 3.08. The van der Waals surface area contributed by atoms with Crippen molar-refractivity contribution in [2.75, 3.05) is 0 Å². The van der Waals surface area contributed by atoms with Crippen molar-refractivity contribution in [2.24, 2.45) is 0 Å². The fraction of sp³-hybridized carbons (Fsp3) is 0.333. The summed E-state index contributed by atoms with van der Waals surface area (Å²) in [5.41, 5.74) is 4.15. The molecule has 1 aliphatic rings. The van der Waals surface area contributed by atoms with Gasteiger partial charge in [0.05, 0.1) is 9.75 Å². The Labute approximate surface area is 118 Å². The van der Waals surface area contributed by atoms with Crippen LogP contribution in [0.2, 0.25) is 0 Å². The monoisotopic (exact) mass is 295 g/mol. The van der Waals surface area contributed by atoms with E-state index in [1.54, 1.807) is 0 Å². The van der Waals surface area contributed by atoms with E-state index in [1.165, 1.54) is 19.1 Å². The van der Waals surface area contributed by atoms with Crippen LogP contribution in [0.15, 0.2) is 12.1 Å². The lowest BCUT2D eigenvalue weighted by Gasteiger charge is -2.06. The lowest BCUT2D eigenvalue weighted by atomic mass is 10.3. The van der Waals surface area contributed by atoms with Crippen molar-refractivity contribution in [3.8, 4) is 0 Å². The highest BCUT2D eigenvalue weighted by molar-refractivity contribution is 7.15. The molecule has 0 radical (unpaired) electrons. The molecule has 7 nitrogen and oxygen atoms in total. The maximum absolute atomic E-state index is 11.7. The second-order valence-electron chi connectivity index (χ2n) is 4.38. The highest BCUT2D eigenvalue weighted by Crippen LogP contribution is 2.18. The zero-order chi connectivity index (χ0) is 14.7. The molecule has 1 aromatic heterocycles. The Balaban J connectivity index is 1.82. The molecule has 0 aromatic carbocycles. The number of ketones is 1. The van der Waals surface area contributed by atoms with Gasteiger partial charge in [-0.05, 0) is 31.9 Å². The fourth-order valence-corrected chi connectivity index (χ4v) is 2.16. The molecule has 2 rings (SSSR count). The van der Waals surface area contributed by atoms with Gasteiger partial charge in [-0.3, -0.25) is 30.0 Å². The van der Waals surface area contributed by atoms with Crippen LogP contribution >= 0.6 is 11.3 Å². The smallest absolute Gasteiger partial charge is 0.327 e. The van der Waals surface area contributed by atoms with Crippen molar-refractivity contribution in [3.63, 3.8) is 0 Å². The number of amides is 3. The molecule has 8 heteroatoms. The largest absolute Gasteiger partial charge is 0.345 e. The van der Waals surface area contributed by atoms with Crippen LogP contribution in [0, 0.1) is 0 Å². The molecule has 1 heterocycles. The number of carbonyl (C=O) groups excluding carboxylic acids is 4. The van der Waals surface area contributed by atoms with Crippen LogP contribution in [0.3, 0.4) is 0 Å². The summed E-state index contributed by atoms with van der Waals surface area (Å²) in [6.07, 6.45) is 1.74. The number of thiophene rings is 1. The summed E-state index contributed by atoms with van der Waals surface area (Å²) in [5, 5.41) is 2.49. The van der Waals surface area contributed by atoms with Crippen molar-refractivity contribution in [3.05, 3.63) is 21.9 Å². The quantitative estimate of drug-likeness (QED) is 0.414. The second-order valence-corrected chi connectivity index (χ2v) is 5.46. The van der Waals surface area contributed by atoms with E-state index in [0.717, 1.165) is 24.2 Å². The summed E-state index contributed by atoms with van der Waals surface area (Å²) >= 11 is 1.02. The lowest BCUT2D eigenvalue weighted by Crippen LogP contribution is -2.48. The second kappa shape index (κ2) is 5.83. The maximum atomic E-state index is 11.7. The third-order valence-electron chi connectivity index (χ3n) is 2.59. The number of hydrazine groups is 1. The highest BCUT2D eigenvalue weighted by atomic mass is 32.1. The number of rotatable bonds is 3. The van der Waals surface area contributed by atoms with Crippen LogP contribution in [0.1, 0.15) is 39.1 Å². The number of Topliss-reactive ketones (excluding diaryl/α,β-unsaturated/α-hetero) is 1. The first-order valence-electron chi connectivity index (χ1n) is 5.99. The zero-order valence-corrected chi connectivity index (χ0v) is 11.5. The van der Waals surface area contributed by atoms with Crippen LogP contribution in [-0.4, -0.2) is 29.5 Å². The molecule has 3 amide bonds. The summed E-state index contributed by atoms with van der Waals surface area (Å²) < 4.78 is 0. The molecular formula is C12H13N3O4S. The van der Waals surface area contributed by atoms with Gasteiger partial charge in [-0.1, -0.05) is 0 Å². The van der Waals surface area contributed by atoms with Gasteiger partial charge >= 0.3 is 11.8 Å². The molecule has 3 N–H and O–H groups in total. The van der Waals surface area contributed by atoms with Gasteiger partial charge in [0.1, 0.15) is 0 Å². The Morgan fingerprint density at radius 3 is 2.25 bits per heavy atom. The minimum Gasteiger partial charge on any atom is -0.345 e. The van der Waals surface area contributed by atoms with E-state index >= 15 is 0 Å². The van der Waals surface area contributed by atoms with Gasteiger partial charge in [-0.25, -0.2) is 0 Å². The maximum Gasteiger partial charge on any atom is 0.327 e. The fourth-order valence-electron chi connectivity index (χ4n) is 1.36. The van der Waals surface area contributed by atoms with Crippen molar-refractivity contribution < 1.29 is 19.2 Å². The van der Waals surface area contributed by atoms with E-state index in [1.807, 2.05) is 5.43 Å². The van der Waals surface area contributed by atoms with Gasteiger partial charge in [-0.2, -0.15) is 0 Å². The summed E-state index contributed by atoms with van der Waals surface area (Å²) in [7, 11) is 0. The van der Waals surface area contributed by atoms with Crippen LogP contribution in [-0.2, 0) is 9.59 Å². The molecule has 1 aliphatic carbocycles. The Kier molecular flexibility index (Phi) is 4.14. The Hall–Kier alpha value is -2.22. The summed E-state index contributed by atoms with van der Waals surface area (Å²) in [5.74, 6) is -2.41. The molecule has 1 aromatic rings. The van der Waals surface area contributed by atoms with Crippen LogP contribution < -0.4 is 16.2 Å². The predicted molar refractivity (Wildman–Crippen MR) is 71.1 cm³/mol. The third-order valence-corrected chi connectivity index (χ3v) is 3.77. The normalized spacial score (nSPS) is 13.4. The van der Waals surface area contributed by atoms with Crippen LogP contribution in [0.5, 0.6) is 0 Å². The first-order valence-corrected chi connectivity index (χ1v) is 6.81. The molecule has 0 atom stereocenters. The topological polar surface area (TPSA) is 104 Å². The zero-order valence-electron chi connectivity index (χ0n) is 10.7. The average molecular weight is 295 g/mol. The van der Waals surface area contributed by atoms with Crippen molar-refractivity contribution in [2.45, 2.75) is 25.8 Å². The molecule has 0 unspecified atom stereocenters. The molecule has 20 heavy (non-hydrogen) atoms. The van der Waals surface area contributed by atoms with Crippen LogP contribution in [0.4, 0.5) is 0 Å². The van der Waals surface area contributed by atoms with E-state index in [-0.39, 0.29) is 16.7 Å². The van der Waals surface area contributed by atoms with Crippen molar-refractivity contribution in [1.82, 2.24) is 16.2 Å². The number of hydrogen-bond acceptors (Lipinski definition) is 5. The predicted octanol–water partition coefficient (Wildman–Crippen LogP) is -0.00970. The average Bonchev–Trinajstić information content (AvgIpc) is 3.07. The minimum absolute atomic E-state index is 0.0689. The van der Waals surface area contributed by atoms with Gasteiger partial charge in [0.2, 0.25) is 0 Å². The minimum atomic E-state index is -0.923. The first-order chi connectivity index (χ1) is 9.47. The molecule has 106 valence electrons. The van der Waals surface area contributed by atoms with E-state index in [0.29, 0.717) is 4.88 Å². The van der Waals surface area contributed by atoms with E-state index < -0.39 is 17.7 Å². The molecule has 0 spiro atoms. The molecule has 0 saturated heterocycles. The van der Waals surface area contributed by atoms with Gasteiger partial charge in [0.25, 0.3) is 5.91 Å². The molecule has 1 fully saturated rings. The Bertz CT molecular complexity index is 577. The SMILES string of the molecule is CC(=O)c1ccc(C(=O)NNC(=O)C(=O)NC2CC2)s1. The number of hydrogen-bond donors (Lipinski definition) is 3. The summed E-state index contributed by atoms with van der Waals surface area (Å²) in [6.45, 7) is 1.40. The third kappa shape index (κ3) is 3.64. The van der Waals surface area contributed by atoms with Crippen LogP contribution in [0.25, 0.3) is 0 Å². The van der Waals surface area contributed by atoms with Gasteiger partial charge in [0, 0.05) is 6.04 Å². The van der Waals surface area contributed by atoms with E-state index in [2.05, 4.69) is 10.7 Å². The molecular weight excluding hydrogens is 282 g/mol. The number of nitrogens with one attached hydrogen (secondary N) is 3. The highest BCUT2D eigenvalue weighted by Gasteiger charge is 2.26. The first kappa shape index (κ1) is 14.2. The number of carbonyl (C=O) groups is 4. The van der Waals surface area contributed by atoms with Crippen molar-refractivity contribution >= 4 is 34.8 Å².